The fraction of sp³-hybridized carbons (Fsp3) is 0.571. The molecule has 0 aliphatic carbocycles. The smallest absolute Gasteiger partial charge is 0.0680 e. The lowest BCUT2D eigenvalue weighted by atomic mass is 10.0. The summed E-state index contributed by atoms with van der Waals surface area (Å²) in [6.45, 7) is 2.19. The molecular weight excluding hydrogens is 126 g/mol. The quantitative estimate of drug-likeness (QED) is 0.595. The van der Waals surface area contributed by atoms with Gasteiger partial charge in [-0.1, -0.05) is 0 Å². The zero-order valence-corrected chi connectivity index (χ0v) is 6.04. The zero-order valence-electron chi connectivity index (χ0n) is 6.04. The molecule has 3 heteroatoms. The van der Waals surface area contributed by atoms with Crippen molar-refractivity contribution in [2.45, 2.75) is 5.92 Å². The molecule has 1 aliphatic heterocycles. The maximum absolute atomic E-state index is 4.31. The van der Waals surface area contributed by atoms with Crippen LogP contribution in [-0.4, -0.2) is 22.9 Å². The number of hydrogen-bond acceptors (Lipinski definition) is 2. The SMILES string of the molecule is Cn1ccc(C2CNC2)n1. The van der Waals surface area contributed by atoms with E-state index in [1.54, 1.807) is 0 Å². The third-order valence-corrected chi connectivity index (χ3v) is 1.93. The van der Waals surface area contributed by atoms with Gasteiger partial charge in [0, 0.05) is 32.3 Å². The van der Waals surface area contributed by atoms with E-state index < -0.39 is 0 Å². The van der Waals surface area contributed by atoms with Crippen LogP contribution < -0.4 is 5.32 Å². The van der Waals surface area contributed by atoms with E-state index in [9.17, 15) is 0 Å². The Morgan fingerprint density at radius 3 is 2.90 bits per heavy atom. The van der Waals surface area contributed by atoms with Crippen LogP contribution in [-0.2, 0) is 7.05 Å². The van der Waals surface area contributed by atoms with Crippen LogP contribution in [0.4, 0.5) is 0 Å². The summed E-state index contributed by atoms with van der Waals surface area (Å²) in [5, 5.41) is 7.53. The lowest BCUT2D eigenvalue weighted by Gasteiger charge is -2.24. The van der Waals surface area contributed by atoms with E-state index in [1.807, 2.05) is 17.9 Å². The summed E-state index contributed by atoms with van der Waals surface area (Å²) in [6, 6.07) is 2.09. The van der Waals surface area contributed by atoms with Crippen molar-refractivity contribution in [3.05, 3.63) is 18.0 Å². The van der Waals surface area contributed by atoms with Crippen LogP contribution in [0.5, 0.6) is 0 Å². The molecule has 0 radical (unpaired) electrons. The highest BCUT2D eigenvalue weighted by Crippen LogP contribution is 2.16. The van der Waals surface area contributed by atoms with Gasteiger partial charge in [-0.05, 0) is 6.07 Å². The van der Waals surface area contributed by atoms with Crippen LogP contribution in [0.3, 0.4) is 0 Å². The van der Waals surface area contributed by atoms with Crippen LogP contribution >= 0.6 is 0 Å². The molecule has 2 heterocycles. The molecule has 3 nitrogen and oxygen atoms in total. The summed E-state index contributed by atoms with van der Waals surface area (Å²) in [4.78, 5) is 0. The lowest BCUT2D eigenvalue weighted by molar-refractivity contribution is 0.436. The number of aromatic nitrogens is 2. The first-order chi connectivity index (χ1) is 4.86. The van der Waals surface area contributed by atoms with Crippen LogP contribution in [0, 0.1) is 0 Å². The van der Waals surface area contributed by atoms with Gasteiger partial charge >= 0.3 is 0 Å². The van der Waals surface area contributed by atoms with Crippen molar-refractivity contribution in [1.29, 1.82) is 0 Å². The molecule has 0 amide bonds. The summed E-state index contributed by atoms with van der Waals surface area (Å²) >= 11 is 0. The first-order valence-corrected chi connectivity index (χ1v) is 3.56. The molecule has 0 spiro atoms. The van der Waals surface area contributed by atoms with E-state index >= 15 is 0 Å². The molecule has 54 valence electrons. The van der Waals surface area contributed by atoms with Crippen molar-refractivity contribution in [1.82, 2.24) is 15.1 Å². The van der Waals surface area contributed by atoms with Gasteiger partial charge in [0.1, 0.15) is 0 Å². The van der Waals surface area contributed by atoms with Crippen LogP contribution in [0.25, 0.3) is 0 Å². The Morgan fingerprint density at radius 2 is 2.50 bits per heavy atom. The highest BCUT2D eigenvalue weighted by molar-refractivity contribution is 5.11. The predicted molar refractivity (Wildman–Crippen MR) is 38.8 cm³/mol. The molecule has 1 aromatic rings. The minimum absolute atomic E-state index is 0.668. The third-order valence-electron chi connectivity index (χ3n) is 1.93. The molecule has 0 atom stereocenters. The van der Waals surface area contributed by atoms with Crippen molar-refractivity contribution in [3.63, 3.8) is 0 Å². The van der Waals surface area contributed by atoms with Crippen molar-refractivity contribution < 1.29 is 0 Å². The molecule has 1 N–H and O–H groups in total. The van der Waals surface area contributed by atoms with Gasteiger partial charge in [0.25, 0.3) is 0 Å². The van der Waals surface area contributed by atoms with Gasteiger partial charge in [-0.2, -0.15) is 5.10 Å². The average Bonchev–Trinajstić information content (AvgIpc) is 2.10. The van der Waals surface area contributed by atoms with E-state index in [4.69, 9.17) is 0 Å². The van der Waals surface area contributed by atoms with Gasteiger partial charge in [-0.3, -0.25) is 4.68 Å². The van der Waals surface area contributed by atoms with Gasteiger partial charge < -0.3 is 5.32 Å². The Bertz CT molecular complexity index is 225. The largest absolute Gasteiger partial charge is 0.315 e. The highest BCUT2D eigenvalue weighted by Gasteiger charge is 2.20. The highest BCUT2D eigenvalue weighted by atomic mass is 15.3. The summed E-state index contributed by atoms with van der Waals surface area (Å²) in [5.74, 6) is 0.668. The fourth-order valence-corrected chi connectivity index (χ4v) is 1.15. The molecule has 1 fully saturated rings. The van der Waals surface area contributed by atoms with Gasteiger partial charge in [-0.15, -0.1) is 0 Å². The number of rotatable bonds is 1. The third kappa shape index (κ3) is 0.827. The molecule has 0 bridgehead atoms. The Hall–Kier alpha value is -0.830. The van der Waals surface area contributed by atoms with Crippen molar-refractivity contribution >= 4 is 0 Å². The fourth-order valence-electron chi connectivity index (χ4n) is 1.15. The summed E-state index contributed by atoms with van der Waals surface area (Å²) in [5.41, 5.74) is 1.22. The monoisotopic (exact) mass is 137 g/mol. The second kappa shape index (κ2) is 2.09. The van der Waals surface area contributed by atoms with E-state index in [0.29, 0.717) is 5.92 Å². The first kappa shape index (κ1) is 5.92. The number of hydrogen-bond donors (Lipinski definition) is 1. The molecule has 1 aliphatic rings. The minimum Gasteiger partial charge on any atom is -0.315 e. The molecule has 0 aromatic carbocycles. The summed E-state index contributed by atoms with van der Waals surface area (Å²) in [6.07, 6.45) is 1.99. The first-order valence-electron chi connectivity index (χ1n) is 3.56. The van der Waals surface area contributed by atoms with Gasteiger partial charge in [0.15, 0.2) is 0 Å². The normalized spacial score (nSPS) is 18.9. The Kier molecular flexibility index (Phi) is 1.24. The minimum atomic E-state index is 0.668. The predicted octanol–water partition coefficient (Wildman–Crippen LogP) is 0.107. The molecular formula is C7H11N3. The van der Waals surface area contributed by atoms with Gasteiger partial charge in [0.2, 0.25) is 0 Å². The topological polar surface area (TPSA) is 29.9 Å². The molecule has 1 saturated heterocycles. The lowest BCUT2D eigenvalue weighted by Crippen LogP contribution is -2.40. The molecule has 10 heavy (non-hydrogen) atoms. The standard InChI is InChI=1S/C7H11N3/c1-10-3-2-7(9-10)6-4-8-5-6/h2-3,6,8H,4-5H2,1H3. The Balaban J connectivity index is 2.17. The Labute approximate surface area is 60.0 Å². The molecule has 1 aromatic heterocycles. The van der Waals surface area contributed by atoms with Gasteiger partial charge in [-0.25, -0.2) is 0 Å². The van der Waals surface area contributed by atoms with E-state index in [1.165, 1.54) is 5.69 Å². The van der Waals surface area contributed by atoms with Crippen molar-refractivity contribution in [3.8, 4) is 0 Å². The molecule has 0 unspecified atom stereocenters. The van der Waals surface area contributed by atoms with Crippen LogP contribution in [0.2, 0.25) is 0 Å². The molecule has 2 rings (SSSR count). The van der Waals surface area contributed by atoms with E-state index in [2.05, 4.69) is 16.5 Å². The van der Waals surface area contributed by atoms with Crippen molar-refractivity contribution in [2.24, 2.45) is 7.05 Å². The molecule has 0 saturated carbocycles. The number of aryl methyl sites for hydroxylation is 1. The number of nitrogens with zero attached hydrogens (tertiary/aromatic N) is 2. The summed E-state index contributed by atoms with van der Waals surface area (Å²) < 4.78 is 1.85. The number of nitrogens with one attached hydrogen (secondary N) is 1. The second-order valence-corrected chi connectivity index (χ2v) is 2.77. The summed E-state index contributed by atoms with van der Waals surface area (Å²) in [7, 11) is 1.95. The van der Waals surface area contributed by atoms with Crippen LogP contribution in [0.1, 0.15) is 11.6 Å². The maximum atomic E-state index is 4.31. The zero-order chi connectivity index (χ0) is 6.97. The maximum Gasteiger partial charge on any atom is 0.0680 e. The van der Waals surface area contributed by atoms with E-state index in [0.717, 1.165) is 13.1 Å². The Morgan fingerprint density at radius 1 is 1.70 bits per heavy atom. The van der Waals surface area contributed by atoms with Crippen LogP contribution in [0.15, 0.2) is 12.3 Å². The van der Waals surface area contributed by atoms with Gasteiger partial charge in [0.05, 0.1) is 5.69 Å². The van der Waals surface area contributed by atoms with E-state index in [-0.39, 0.29) is 0 Å². The second-order valence-electron chi connectivity index (χ2n) is 2.77. The van der Waals surface area contributed by atoms with Crippen molar-refractivity contribution in [2.75, 3.05) is 13.1 Å². The average molecular weight is 137 g/mol.